The molecule has 0 amide bonds. The van der Waals surface area contributed by atoms with Gasteiger partial charge in [0.1, 0.15) is 0 Å². The molecule has 88 valence electrons. The van der Waals surface area contributed by atoms with E-state index in [1.807, 2.05) is 0 Å². The molecule has 0 rings (SSSR count). The minimum atomic E-state index is -5.37. The molecular weight excluding hydrogens is 225 g/mol. The van der Waals surface area contributed by atoms with Gasteiger partial charge < -0.3 is 4.74 Å². The number of carbonyl (C=O) groups excluding carboxylic acids is 1. The molecule has 0 saturated carbocycles. The molecule has 6 heteroatoms. The van der Waals surface area contributed by atoms with Gasteiger partial charge in [0.2, 0.25) is 0 Å². The first-order valence-electron chi connectivity index (χ1n) is 4.82. The van der Waals surface area contributed by atoms with E-state index in [0.29, 0.717) is 12.8 Å². The van der Waals surface area contributed by atoms with Gasteiger partial charge in [0, 0.05) is 12.1 Å². The normalized spacial score (nSPS) is 12.0. The lowest BCUT2D eigenvalue weighted by Gasteiger charge is -2.03. The fourth-order valence-corrected chi connectivity index (χ4v) is 1.61. The summed E-state index contributed by atoms with van der Waals surface area (Å²) in [7, 11) is -5.37. The van der Waals surface area contributed by atoms with E-state index in [9.17, 15) is 17.1 Å². The Balaban J connectivity index is 3.29. The van der Waals surface area contributed by atoms with E-state index in [1.54, 1.807) is 13.0 Å². The summed E-state index contributed by atoms with van der Waals surface area (Å²) < 4.78 is 40.2. The van der Waals surface area contributed by atoms with E-state index in [2.05, 4.69) is 0 Å². The fraction of sp³-hybridized carbons (Fsp3) is 0.667. The zero-order chi connectivity index (χ0) is 11.7. The number of allylic oxidation sites excluding steroid dienone is 1. The van der Waals surface area contributed by atoms with Crippen LogP contribution in [0.3, 0.4) is 0 Å². The zero-order valence-corrected chi connectivity index (χ0v) is 9.64. The van der Waals surface area contributed by atoms with Crippen molar-refractivity contribution in [2.24, 2.45) is 0 Å². The highest BCUT2D eigenvalue weighted by Gasteiger charge is 2.35. The van der Waals surface area contributed by atoms with Crippen molar-refractivity contribution in [1.29, 1.82) is 0 Å². The second kappa shape index (κ2) is 7.50. The summed E-state index contributed by atoms with van der Waals surface area (Å²) in [5, 5.41) is 0. The standard InChI is InChI=1S/C9H15F3O2Si/c1-2-6-9(13)14-7-4-3-5-8-15(10,11)12/h2,6H,3-5,7-8H2,1H3. The minimum Gasteiger partial charge on any atom is -0.463 e. The van der Waals surface area contributed by atoms with Gasteiger partial charge in [-0.05, 0) is 19.8 Å². The second-order valence-electron chi connectivity index (χ2n) is 3.09. The van der Waals surface area contributed by atoms with Crippen molar-refractivity contribution in [3.8, 4) is 0 Å². The molecule has 0 spiro atoms. The summed E-state index contributed by atoms with van der Waals surface area (Å²) in [6.07, 6.45) is 3.93. The number of halogens is 3. The molecule has 0 saturated heterocycles. The number of unbranched alkanes of at least 4 members (excludes halogenated alkanes) is 2. The first-order chi connectivity index (χ1) is 6.95. The Bertz CT molecular complexity index is 214. The summed E-state index contributed by atoms with van der Waals surface area (Å²) >= 11 is 0. The third-order valence-corrected chi connectivity index (χ3v) is 2.57. The monoisotopic (exact) mass is 240 g/mol. The van der Waals surface area contributed by atoms with Crippen molar-refractivity contribution in [1.82, 2.24) is 0 Å². The third kappa shape index (κ3) is 11.1. The minimum absolute atomic E-state index is 0.150. The summed E-state index contributed by atoms with van der Waals surface area (Å²) in [5.74, 6) is -0.442. The lowest BCUT2D eigenvalue weighted by atomic mass is 10.3. The number of hydrogen-bond acceptors (Lipinski definition) is 2. The van der Waals surface area contributed by atoms with Crippen LogP contribution in [0.5, 0.6) is 0 Å². The molecule has 0 unspecified atom stereocenters. The van der Waals surface area contributed by atoms with Crippen molar-refractivity contribution < 1.29 is 21.9 Å². The van der Waals surface area contributed by atoms with Crippen molar-refractivity contribution in [2.45, 2.75) is 32.2 Å². The Morgan fingerprint density at radius 1 is 1.27 bits per heavy atom. The van der Waals surface area contributed by atoms with Gasteiger partial charge in [0.25, 0.3) is 0 Å². The van der Waals surface area contributed by atoms with E-state index in [1.165, 1.54) is 6.08 Å². The zero-order valence-electron chi connectivity index (χ0n) is 8.64. The molecule has 0 aromatic rings. The molecule has 0 radical (unpaired) electrons. The molecule has 15 heavy (non-hydrogen) atoms. The molecule has 0 atom stereocenters. The molecule has 0 N–H and O–H groups in total. The maximum Gasteiger partial charge on any atom is 0.616 e. The van der Waals surface area contributed by atoms with Gasteiger partial charge >= 0.3 is 15.0 Å². The van der Waals surface area contributed by atoms with E-state index < -0.39 is 21.1 Å². The van der Waals surface area contributed by atoms with Crippen LogP contribution >= 0.6 is 0 Å². The van der Waals surface area contributed by atoms with Crippen LogP contribution in [0.15, 0.2) is 12.2 Å². The summed E-state index contributed by atoms with van der Waals surface area (Å²) in [6, 6.07) is -0.629. The Morgan fingerprint density at radius 2 is 1.93 bits per heavy atom. The molecule has 0 heterocycles. The predicted octanol–water partition coefficient (Wildman–Crippen LogP) is 3.12. The Hall–Kier alpha value is -0.783. The van der Waals surface area contributed by atoms with Crippen molar-refractivity contribution in [3.05, 3.63) is 12.2 Å². The predicted molar refractivity (Wildman–Crippen MR) is 53.5 cm³/mol. The topological polar surface area (TPSA) is 26.3 Å². The van der Waals surface area contributed by atoms with Gasteiger partial charge in [0.05, 0.1) is 6.61 Å². The molecule has 0 bridgehead atoms. The molecule has 2 nitrogen and oxygen atoms in total. The molecular formula is C9H15F3O2Si. The van der Waals surface area contributed by atoms with E-state index >= 15 is 0 Å². The average Bonchev–Trinajstić information content (AvgIpc) is 2.09. The van der Waals surface area contributed by atoms with Gasteiger partial charge in [-0.15, -0.1) is 0 Å². The molecule has 0 fully saturated rings. The van der Waals surface area contributed by atoms with E-state index in [0.717, 1.165) is 0 Å². The van der Waals surface area contributed by atoms with Crippen LogP contribution in [0, 0.1) is 0 Å². The van der Waals surface area contributed by atoms with Crippen LogP contribution in [0.1, 0.15) is 26.2 Å². The lowest BCUT2D eigenvalue weighted by molar-refractivity contribution is -0.137. The van der Waals surface area contributed by atoms with Crippen molar-refractivity contribution in [3.63, 3.8) is 0 Å². The molecule has 0 aromatic heterocycles. The molecule has 0 aromatic carbocycles. The first-order valence-corrected chi connectivity index (χ1v) is 6.66. The van der Waals surface area contributed by atoms with Crippen molar-refractivity contribution in [2.75, 3.05) is 6.61 Å². The highest BCUT2D eigenvalue weighted by molar-refractivity contribution is 6.58. The Kier molecular flexibility index (Phi) is 7.11. The molecule has 0 aliphatic rings. The summed E-state index contributed by atoms with van der Waals surface area (Å²) in [6.45, 7) is 1.89. The van der Waals surface area contributed by atoms with Crippen LogP contribution < -0.4 is 0 Å². The number of ether oxygens (including phenoxy) is 1. The number of rotatable bonds is 7. The molecule has 0 aliphatic heterocycles. The quantitative estimate of drug-likeness (QED) is 0.225. The first kappa shape index (κ1) is 14.2. The number of esters is 1. The van der Waals surface area contributed by atoms with Crippen LogP contribution in [0.25, 0.3) is 0 Å². The number of hydrogen-bond donors (Lipinski definition) is 0. The lowest BCUT2D eigenvalue weighted by Crippen LogP contribution is -2.13. The highest BCUT2D eigenvalue weighted by Crippen LogP contribution is 2.18. The van der Waals surface area contributed by atoms with E-state index in [4.69, 9.17) is 4.74 Å². The van der Waals surface area contributed by atoms with Gasteiger partial charge in [-0.3, -0.25) is 0 Å². The smallest absolute Gasteiger partial charge is 0.463 e. The van der Waals surface area contributed by atoms with Gasteiger partial charge in [-0.2, -0.15) is 0 Å². The van der Waals surface area contributed by atoms with Crippen LogP contribution in [-0.2, 0) is 9.53 Å². The van der Waals surface area contributed by atoms with Crippen LogP contribution in [-0.4, -0.2) is 21.7 Å². The largest absolute Gasteiger partial charge is 0.616 e. The second-order valence-corrected chi connectivity index (χ2v) is 4.82. The average molecular weight is 240 g/mol. The molecule has 0 aliphatic carbocycles. The van der Waals surface area contributed by atoms with E-state index in [-0.39, 0.29) is 13.0 Å². The summed E-state index contributed by atoms with van der Waals surface area (Å²) in [4.78, 5) is 10.8. The van der Waals surface area contributed by atoms with Crippen molar-refractivity contribution >= 4 is 15.0 Å². The Labute approximate surface area is 88.6 Å². The number of carbonyl (C=O) groups is 1. The summed E-state index contributed by atoms with van der Waals surface area (Å²) in [5.41, 5.74) is 0. The van der Waals surface area contributed by atoms with Crippen LogP contribution in [0.2, 0.25) is 6.04 Å². The van der Waals surface area contributed by atoms with Gasteiger partial charge in [-0.25, -0.2) is 17.1 Å². The third-order valence-electron chi connectivity index (χ3n) is 1.65. The fourth-order valence-electron chi connectivity index (χ4n) is 0.961. The van der Waals surface area contributed by atoms with Gasteiger partial charge in [0.15, 0.2) is 0 Å². The van der Waals surface area contributed by atoms with Crippen LogP contribution in [0.4, 0.5) is 12.3 Å². The Morgan fingerprint density at radius 3 is 2.47 bits per heavy atom. The van der Waals surface area contributed by atoms with Gasteiger partial charge in [-0.1, -0.05) is 12.5 Å². The maximum atomic E-state index is 11.8. The highest BCUT2D eigenvalue weighted by atomic mass is 28.5. The maximum absolute atomic E-state index is 11.8. The SMILES string of the molecule is CC=CC(=O)OCCCCC[Si](F)(F)F.